The van der Waals surface area contributed by atoms with E-state index < -0.39 is 5.97 Å². The number of aromatic carboxylic acids is 1. The maximum Gasteiger partial charge on any atom is 0.358 e. The first-order chi connectivity index (χ1) is 9.69. The summed E-state index contributed by atoms with van der Waals surface area (Å²) in [5.74, 6) is -0.328. The van der Waals surface area contributed by atoms with Gasteiger partial charge in [-0.2, -0.15) is 0 Å². The Morgan fingerprint density at radius 3 is 3.00 bits per heavy atom. The van der Waals surface area contributed by atoms with Crippen LogP contribution in [0.3, 0.4) is 0 Å². The van der Waals surface area contributed by atoms with Crippen molar-refractivity contribution in [3.8, 4) is 0 Å². The molecular weight excluding hydrogens is 260 g/mol. The minimum atomic E-state index is -1.08. The highest BCUT2D eigenvalue weighted by molar-refractivity contribution is 5.84. The SMILES string of the molecule is CCCc1cc(NCCn2cc(C(=O)O)nn2)ncn1. The van der Waals surface area contributed by atoms with Crippen molar-refractivity contribution in [2.45, 2.75) is 26.3 Å². The van der Waals surface area contributed by atoms with Crippen LogP contribution >= 0.6 is 0 Å². The van der Waals surface area contributed by atoms with Crippen molar-refractivity contribution in [1.29, 1.82) is 0 Å². The number of rotatable bonds is 7. The van der Waals surface area contributed by atoms with E-state index in [2.05, 4.69) is 32.5 Å². The van der Waals surface area contributed by atoms with Gasteiger partial charge in [-0.25, -0.2) is 19.4 Å². The molecule has 2 rings (SSSR count). The quantitative estimate of drug-likeness (QED) is 0.771. The second-order valence-electron chi connectivity index (χ2n) is 4.24. The van der Waals surface area contributed by atoms with Gasteiger partial charge in [-0.3, -0.25) is 0 Å². The zero-order valence-electron chi connectivity index (χ0n) is 11.2. The molecule has 20 heavy (non-hydrogen) atoms. The zero-order chi connectivity index (χ0) is 14.4. The van der Waals surface area contributed by atoms with Crippen molar-refractivity contribution in [2.75, 3.05) is 11.9 Å². The van der Waals surface area contributed by atoms with E-state index in [1.54, 1.807) is 0 Å². The molecule has 0 radical (unpaired) electrons. The van der Waals surface area contributed by atoms with Gasteiger partial charge in [0.1, 0.15) is 12.1 Å². The Hall–Kier alpha value is -2.51. The van der Waals surface area contributed by atoms with Gasteiger partial charge in [0.15, 0.2) is 5.69 Å². The molecule has 8 nitrogen and oxygen atoms in total. The third-order valence-electron chi connectivity index (χ3n) is 2.63. The summed E-state index contributed by atoms with van der Waals surface area (Å²) in [5, 5.41) is 19.1. The number of aryl methyl sites for hydroxylation is 1. The fraction of sp³-hybridized carbons (Fsp3) is 0.417. The summed E-state index contributed by atoms with van der Waals surface area (Å²) in [5.41, 5.74) is 0.941. The fourth-order valence-corrected chi connectivity index (χ4v) is 1.69. The van der Waals surface area contributed by atoms with Crippen LogP contribution in [0.15, 0.2) is 18.6 Å². The first-order valence-electron chi connectivity index (χ1n) is 6.37. The third kappa shape index (κ3) is 3.74. The minimum Gasteiger partial charge on any atom is -0.476 e. The van der Waals surface area contributed by atoms with Gasteiger partial charge < -0.3 is 10.4 Å². The van der Waals surface area contributed by atoms with Gasteiger partial charge in [-0.1, -0.05) is 18.6 Å². The van der Waals surface area contributed by atoms with Gasteiger partial charge in [-0.05, 0) is 6.42 Å². The Kier molecular flexibility index (Phi) is 4.59. The summed E-state index contributed by atoms with van der Waals surface area (Å²) in [6.45, 7) is 3.18. The molecule has 2 aromatic heterocycles. The summed E-state index contributed by atoms with van der Waals surface area (Å²) in [4.78, 5) is 19.0. The highest BCUT2D eigenvalue weighted by Crippen LogP contribution is 2.05. The van der Waals surface area contributed by atoms with Crippen LogP contribution in [-0.2, 0) is 13.0 Å². The van der Waals surface area contributed by atoms with Crippen LogP contribution in [0.2, 0.25) is 0 Å². The average Bonchev–Trinajstić information content (AvgIpc) is 2.89. The fourth-order valence-electron chi connectivity index (χ4n) is 1.69. The number of nitrogens with zero attached hydrogens (tertiary/aromatic N) is 5. The summed E-state index contributed by atoms with van der Waals surface area (Å²) in [6, 6.07) is 1.91. The molecule has 0 aliphatic rings. The lowest BCUT2D eigenvalue weighted by Crippen LogP contribution is -2.12. The molecule has 0 spiro atoms. The first-order valence-corrected chi connectivity index (χ1v) is 6.37. The number of hydrogen-bond acceptors (Lipinski definition) is 6. The molecule has 0 aromatic carbocycles. The van der Waals surface area contributed by atoms with Gasteiger partial charge in [0.05, 0.1) is 12.7 Å². The number of nitrogens with one attached hydrogen (secondary N) is 1. The van der Waals surface area contributed by atoms with Gasteiger partial charge in [-0.15, -0.1) is 5.10 Å². The van der Waals surface area contributed by atoms with Gasteiger partial charge in [0.25, 0.3) is 0 Å². The molecule has 8 heteroatoms. The molecule has 2 N–H and O–H groups in total. The molecule has 0 saturated carbocycles. The molecule has 0 bridgehead atoms. The molecular formula is C12H16N6O2. The van der Waals surface area contributed by atoms with Gasteiger partial charge >= 0.3 is 5.97 Å². The van der Waals surface area contributed by atoms with E-state index in [1.807, 2.05) is 6.07 Å². The smallest absolute Gasteiger partial charge is 0.358 e. The molecule has 2 aromatic rings. The van der Waals surface area contributed by atoms with Crippen molar-refractivity contribution >= 4 is 11.8 Å². The molecule has 0 atom stereocenters. The highest BCUT2D eigenvalue weighted by atomic mass is 16.4. The maximum absolute atomic E-state index is 10.7. The van der Waals surface area contributed by atoms with E-state index in [1.165, 1.54) is 17.2 Å². The average molecular weight is 276 g/mol. The number of carboxylic acid groups (broad SMARTS) is 1. The van der Waals surface area contributed by atoms with Crippen LogP contribution < -0.4 is 5.32 Å². The monoisotopic (exact) mass is 276 g/mol. The highest BCUT2D eigenvalue weighted by Gasteiger charge is 2.07. The standard InChI is InChI=1S/C12H16N6O2/c1-2-3-9-6-11(15-8-14-9)13-4-5-18-7-10(12(19)20)16-17-18/h6-8H,2-5H2,1H3,(H,19,20)(H,13,14,15). The lowest BCUT2D eigenvalue weighted by molar-refractivity contribution is 0.0690. The number of aromatic nitrogens is 5. The maximum atomic E-state index is 10.7. The minimum absolute atomic E-state index is 0.0581. The van der Waals surface area contributed by atoms with Crippen LogP contribution in [-0.4, -0.2) is 42.6 Å². The van der Waals surface area contributed by atoms with Crippen LogP contribution in [0.1, 0.15) is 29.5 Å². The Morgan fingerprint density at radius 2 is 2.30 bits per heavy atom. The molecule has 106 valence electrons. The van der Waals surface area contributed by atoms with E-state index in [0.717, 1.165) is 24.4 Å². The Balaban J connectivity index is 1.85. The van der Waals surface area contributed by atoms with Crippen LogP contribution in [0.5, 0.6) is 0 Å². The van der Waals surface area contributed by atoms with Crippen LogP contribution in [0, 0.1) is 0 Å². The number of anilines is 1. The van der Waals surface area contributed by atoms with Crippen molar-refractivity contribution < 1.29 is 9.90 Å². The van der Waals surface area contributed by atoms with Crippen LogP contribution in [0.25, 0.3) is 0 Å². The van der Waals surface area contributed by atoms with E-state index in [4.69, 9.17) is 5.11 Å². The Labute approximate surface area is 115 Å². The zero-order valence-corrected chi connectivity index (χ0v) is 11.2. The molecule has 0 saturated heterocycles. The summed E-state index contributed by atoms with van der Waals surface area (Å²) >= 11 is 0. The molecule has 0 aliphatic carbocycles. The summed E-state index contributed by atoms with van der Waals surface area (Å²) in [6.07, 6.45) is 4.88. The second kappa shape index (κ2) is 6.60. The van der Waals surface area contributed by atoms with Crippen molar-refractivity contribution in [2.24, 2.45) is 0 Å². The van der Waals surface area contributed by atoms with Gasteiger partial charge in [0, 0.05) is 18.3 Å². The van der Waals surface area contributed by atoms with Crippen molar-refractivity contribution in [1.82, 2.24) is 25.0 Å². The predicted octanol–water partition coefficient (Wildman–Crippen LogP) is 0.831. The normalized spacial score (nSPS) is 10.4. The third-order valence-corrected chi connectivity index (χ3v) is 2.63. The van der Waals surface area contributed by atoms with Gasteiger partial charge in [0.2, 0.25) is 0 Å². The number of carbonyl (C=O) groups is 1. The first kappa shape index (κ1) is 13.9. The number of hydrogen-bond donors (Lipinski definition) is 2. The van der Waals surface area contributed by atoms with E-state index >= 15 is 0 Å². The molecule has 0 fully saturated rings. The number of carboxylic acids is 1. The van der Waals surface area contributed by atoms with Crippen molar-refractivity contribution in [3.63, 3.8) is 0 Å². The van der Waals surface area contributed by atoms with Crippen LogP contribution in [0.4, 0.5) is 5.82 Å². The van der Waals surface area contributed by atoms with E-state index in [0.29, 0.717) is 13.1 Å². The largest absolute Gasteiger partial charge is 0.476 e. The second-order valence-corrected chi connectivity index (χ2v) is 4.24. The van der Waals surface area contributed by atoms with E-state index in [-0.39, 0.29) is 5.69 Å². The predicted molar refractivity (Wildman–Crippen MR) is 71.5 cm³/mol. The molecule has 0 amide bonds. The molecule has 2 heterocycles. The molecule has 0 unspecified atom stereocenters. The summed E-state index contributed by atoms with van der Waals surface area (Å²) in [7, 11) is 0. The topological polar surface area (TPSA) is 106 Å². The summed E-state index contributed by atoms with van der Waals surface area (Å²) < 4.78 is 1.48. The Morgan fingerprint density at radius 1 is 1.45 bits per heavy atom. The molecule has 0 aliphatic heterocycles. The Bertz CT molecular complexity index is 583. The van der Waals surface area contributed by atoms with E-state index in [9.17, 15) is 4.79 Å². The lowest BCUT2D eigenvalue weighted by atomic mass is 10.2. The lowest BCUT2D eigenvalue weighted by Gasteiger charge is -2.06. The van der Waals surface area contributed by atoms with Crippen molar-refractivity contribution in [3.05, 3.63) is 30.0 Å².